The molecule has 0 aromatic carbocycles. The van der Waals surface area contributed by atoms with E-state index in [9.17, 15) is 13.2 Å². The van der Waals surface area contributed by atoms with Crippen molar-refractivity contribution in [1.29, 1.82) is 0 Å². The van der Waals surface area contributed by atoms with Crippen LogP contribution >= 0.6 is 0 Å². The van der Waals surface area contributed by atoms with Crippen molar-refractivity contribution in [2.45, 2.75) is 19.8 Å². The van der Waals surface area contributed by atoms with Crippen LogP contribution in [0.15, 0.2) is 0 Å². The number of carbonyl (C=O) groups is 1. The third-order valence-electron chi connectivity index (χ3n) is 2.54. The van der Waals surface area contributed by atoms with Crippen LogP contribution in [0.2, 0.25) is 0 Å². The molecule has 0 aromatic heterocycles. The molecule has 1 heterocycles. The first-order valence-electron chi connectivity index (χ1n) is 5.07. The first-order chi connectivity index (χ1) is 7.01. The standard InChI is InChI=1S/C9H17NO4S/c1-3-6-15(12,13)10-5-4-8(7-10)9(11)14-2/h8H,3-7H2,1-2H3. The van der Waals surface area contributed by atoms with E-state index in [0.717, 1.165) is 0 Å². The number of nitrogens with zero attached hydrogens (tertiary/aromatic N) is 1. The van der Waals surface area contributed by atoms with E-state index in [0.29, 0.717) is 19.4 Å². The number of hydrogen-bond donors (Lipinski definition) is 0. The third-order valence-corrected chi connectivity index (χ3v) is 4.58. The van der Waals surface area contributed by atoms with Crippen LogP contribution in [0, 0.1) is 5.92 Å². The largest absolute Gasteiger partial charge is 0.469 e. The van der Waals surface area contributed by atoms with Crippen LogP contribution in [0.4, 0.5) is 0 Å². The highest BCUT2D eigenvalue weighted by atomic mass is 32.2. The molecule has 1 atom stereocenters. The van der Waals surface area contributed by atoms with Gasteiger partial charge in [-0.2, -0.15) is 0 Å². The molecule has 1 unspecified atom stereocenters. The van der Waals surface area contributed by atoms with Crippen molar-refractivity contribution in [3.05, 3.63) is 0 Å². The van der Waals surface area contributed by atoms with Crippen LogP contribution in [-0.2, 0) is 19.6 Å². The summed E-state index contributed by atoms with van der Waals surface area (Å²) >= 11 is 0. The second-order valence-corrected chi connectivity index (χ2v) is 5.77. The average molecular weight is 235 g/mol. The lowest BCUT2D eigenvalue weighted by atomic mass is 10.1. The summed E-state index contributed by atoms with van der Waals surface area (Å²) in [6.45, 7) is 2.53. The normalized spacial score (nSPS) is 22.9. The summed E-state index contributed by atoms with van der Waals surface area (Å²) in [5, 5.41) is 0. The Bertz CT molecular complexity index is 325. The summed E-state index contributed by atoms with van der Waals surface area (Å²) < 4.78 is 29.3. The molecule has 1 rings (SSSR count). The molecule has 5 nitrogen and oxygen atoms in total. The van der Waals surface area contributed by atoms with Gasteiger partial charge in [-0.3, -0.25) is 4.79 Å². The van der Waals surface area contributed by atoms with E-state index in [1.54, 1.807) is 0 Å². The lowest BCUT2D eigenvalue weighted by Crippen LogP contribution is -2.32. The summed E-state index contributed by atoms with van der Waals surface area (Å²) in [6.07, 6.45) is 1.16. The fraction of sp³-hybridized carbons (Fsp3) is 0.889. The lowest BCUT2D eigenvalue weighted by molar-refractivity contribution is -0.144. The Labute approximate surface area is 90.4 Å². The number of esters is 1. The molecule has 1 fully saturated rings. The molecule has 0 amide bonds. The highest BCUT2D eigenvalue weighted by Gasteiger charge is 2.34. The minimum atomic E-state index is -3.16. The second kappa shape index (κ2) is 4.94. The number of methoxy groups -OCH3 is 1. The SMILES string of the molecule is CCCS(=O)(=O)N1CCC(C(=O)OC)C1. The Morgan fingerprint density at radius 2 is 2.20 bits per heavy atom. The van der Waals surface area contributed by atoms with Crippen LogP contribution in [-0.4, -0.2) is 44.6 Å². The zero-order chi connectivity index (χ0) is 11.5. The quantitative estimate of drug-likeness (QED) is 0.654. The Kier molecular flexibility index (Phi) is 4.10. The topological polar surface area (TPSA) is 63.7 Å². The molecule has 0 bridgehead atoms. The van der Waals surface area contributed by atoms with Gasteiger partial charge in [0.1, 0.15) is 0 Å². The maximum Gasteiger partial charge on any atom is 0.310 e. The van der Waals surface area contributed by atoms with Crippen LogP contribution in [0.25, 0.3) is 0 Å². The number of hydrogen-bond acceptors (Lipinski definition) is 4. The smallest absolute Gasteiger partial charge is 0.310 e. The van der Waals surface area contributed by atoms with Gasteiger partial charge in [0.05, 0.1) is 18.8 Å². The molecular weight excluding hydrogens is 218 g/mol. The van der Waals surface area contributed by atoms with Crippen molar-refractivity contribution in [1.82, 2.24) is 4.31 Å². The Morgan fingerprint density at radius 1 is 1.53 bits per heavy atom. The van der Waals surface area contributed by atoms with Crippen LogP contribution in [0.5, 0.6) is 0 Å². The molecule has 0 radical (unpaired) electrons. The molecular formula is C9H17NO4S. The van der Waals surface area contributed by atoms with E-state index in [4.69, 9.17) is 0 Å². The van der Waals surface area contributed by atoms with E-state index >= 15 is 0 Å². The van der Waals surface area contributed by atoms with Crippen LogP contribution < -0.4 is 0 Å². The molecule has 0 N–H and O–H groups in total. The Morgan fingerprint density at radius 3 is 2.73 bits per heavy atom. The summed E-state index contributed by atoms with van der Waals surface area (Å²) in [5.41, 5.74) is 0. The molecule has 15 heavy (non-hydrogen) atoms. The van der Waals surface area contributed by atoms with Gasteiger partial charge >= 0.3 is 5.97 Å². The first-order valence-corrected chi connectivity index (χ1v) is 6.67. The zero-order valence-corrected chi connectivity index (χ0v) is 9.92. The van der Waals surface area contributed by atoms with Crippen molar-refractivity contribution < 1.29 is 17.9 Å². The molecule has 0 saturated carbocycles. The van der Waals surface area contributed by atoms with Gasteiger partial charge in [-0.15, -0.1) is 0 Å². The van der Waals surface area contributed by atoms with Gasteiger partial charge in [0, 0.05) is 13.1 Å². The van der Waals surface area contributed by atoms with Crippen molar-refractivity contribution in [2.24, 2.45) is 5.92 Å². The summed E-state index contributed by atoms with van der Waals surface area (Å²) in [6, 6.07) is 0. The molecule has 1 aliphatic rings. The molecule has 6 heteroatoms. The van der Waals surface area contributed by atoms with Crippen LogP contribution in [0.1, 0.15) is 19.8 Å². The number of ether oxygens (including phenoxy) is 1. The maximum absolute atomic E-state index is 11.7. The molecule has 88 valence electrons. The lowest BCUT2D eigenvalue weighted by Gasteiger charge is -2.15. The molecule has 1 aliphatic heterocycles. The molecule has 0 aromatic rings. The maximum atomic E-state index is 11.7. The van der Waals surface area contributed by atoms with Crippen molar-refractivity contribution in [3.8, 4) is 0 Å². The molecule has 0 aliphatic carbocycles. The second-order valence-electron chi connectivity index (χ2n) is 3.68. The Hall–Kier alpha value is -0.620. The van der Waals surface area contributed by atoms with Crippen molar-refractivity contribution in [2.75, 3.05) is 26.0 Å². The molecule has 1 saturated heterocycles. The van der Waals surface area contributed by atoms with E-state index in [1.807, 2.05) is 6.92 Å². The van der Waals surface area contributed by atoms with Crippen molar-refractivity contribution in [3.63, 3.8) is 0 Å². The Balaban J connectivity index is 2.60. The van der Waals surface area contributed by atoms with E-state index in [-0.39, 0.29) is 24.2 Å². The summed E-state index contributed by atoms with van der Waals surface area (Å²) in [5.74, 6) is -0.452. The predicted octanol–water partition coefficient (Wildman–Crippen LogP) is 0.221. The predicted molar refractivity (Wildman–Crippen MR) is 55.8 cm³/mol. The highest BCUT2D eigenvalue weighted by Crippen LogP contribution is 2.20. The number of rotatable bonds is 4. The van der Waals surface area contributed by atoms with Gasteiger partial charge in [0.25, 0.3) is 0 Å². The van der Waals surface area contributed by atoms with E-state index in [2.05, 4.69) is 4.74 Å². The monoisotopic (exact) mass is 235 g/mol. The first kappa shape index (κ1) is 12.4. The van der Waals surface area contributed by atoms with E-state index in [1.165, 1.54) is 11.4 Å². The van der Waals surface area contributed by atoms with Gasteiger partial charge in [0.15, 0.2) is 0 Å². The number of sulfonamides is 1. The minimum absolute atomic E-state index is 0.154. The van der Waals surface area contributed by atoms with Gasteiger partial charge in [-0.05, 0) is 12.8 Å². The fourth-order valence-corrected chi connectivity index (χ4v) is 3.29. The van der Waals surface area contributed by atoms with Crippen molar-refractivity contribution >= 4 is 16.0 Å². The minimum Gasteiger partial charge on any atom is -0.469 e. The van der Waals surface area contributed by atoms with Gasteiger partial charge in [-0.25, -0.2) is 12.7 Å². The van der Waals surface area contributed by atoms with Gasteiger partial charge < -0.3 is 4.74 Å². The third kappa shape index (κ3) is 2.92. The average Bonchev–Trinajstić information content (AvgIpc) is 2.66. The highest BCUT2D eigenvalue weighted by molar-refractivity contribution is 7.89. The number of carbonyl (C=O) groups excluding carboxylic acids is 1. The zero-order valence-electron chi connectivity index (χ0n) is 9.10. The van der Waals surface area contributed by atoms with Gasteiger partial charge in [0.2, 0.25) is 10.0 Å². The molecule has 0 spiro atoms. The van der Waals surface area contributed by atoms with E-state index < -0.39 is 10.0 Å². The summed E-state index contributed by atoms with van der Waals surface area (Å²) in [4.78, 5) is 11.2. The summed E-state index contributed by atoms with van der Waals surface area (Å²) in [7, 11) is -1.83. The fourth-order valence-electron chi connectivity index (χ4n) is 1.73. The van der Waals surface area contributed by atoms with Gasteiger partial charge in [-0.1, -0.05) is 6.92 Å². The van der Waals surface area contributed by atoms with Crippen LogP contribution in [0.3, 0.4) is 0 Å².